The molecule has 1 aliphatic rings. The van der Waals surface area contributed by atoms with E-state index in [1.54, 1.807) is 0 Å². The van der Waals surface area contributed by atoms with Gasteiger partial charge in [0.15, 0.2) is 0 Å². The molecular weight excluding hydrogens is 863 g/mol. The first-order valence-corrected chi connectivity index (χ1v) is 28.9. The van der Waals surface area contributed by atoms with Crippen molar-refractivity contribution in [2.24, 2.45) is 11.8 Å². The van der Waals surface area contributed by atoms with Crippen LogP contribution in [0.1, 0.15) is 76.6 Å². The molecule has 0 spiro atoms. The molecule has 0 fully saturated rings. The summed E-state index contributed by atoms with van der Waals surface area (Å²) < 4.78 is 0. The Labute approximate surface area is 381 Å². The van der Waals surface area contributed by atoms with Gasteiger partial charge in [-0.2, -0.15) is 41.6 Å². The van der Waals surface area contributed by atoms with Gasteiger partial charge in [0.25, 0.3) is 0 Å². The number of halogens is 2. The van der Waals surface area contributed by atoms with Crippen molar-refractivity contribution in [2.75, 3.05) is 0 Å². The Bertz CT molecular complexity index is 2400. The Hall–Kier alpha value is -3.78. The Morgan fingerprint density at radius 2 is 0.967 bits per heavy atom. The van der Waals surface area contributed by atoms with E-state index in [9.17, 15) is 0 Å². The summed E-state index contributed by atoms with van der Waals surface area (Å²) in [5, 5.41) is 8.38. The van der Waals surface area contributed by atoms with E-state index >= 15 is 0 Å². The van der Waals surface area contributed by atoms with E-state index in [-0.39, 0.29) is 0 Å². The normalized spacial score (nSPS) is 11.3. The second-order valence-corrected chi connectivity index (χ2v) is 21.6. The molecule has 0 nitrogen and oxygen atoms in total. The quantitative estimate of drug-likeness (QED) is 0.0947. The van der Waals surface area contributed by atoms with Crippen LogP contribution in [-0.2, 0) is 46.5 Å². The third-order valence-corrected chi connectivity index (χ3v) is 12.3. The van der Waals surface area contributed by atoms with Crippen LogP contribution in [0, 0.1) is 17.9 Å². The molecule has 0 N–H and O–H groups in total. The van der Waals surface area contributed by atoms with Gasteiger partial charge in [-0.1, -0.05) is 161 Å². The van der Waals surface area contributed by atoms with Gasteiger partial charge in [0.2, 0.25) is 0 Å². The van der Waals surface area contributed by atoms with Gasteiger partial charge < -0.3 is 0 Å². The Balaban J connectivity index is 0.000000150. The molecule has 0 saturated carbocycles. The number of hydrogen-bond acceptors (Lipinski definition) is 0. The third kappa shape index (κ3) is 11.8. The molecule has 0 aromatic heterocycles. The molecule has 306 valence electrons. The Morgan fingerprint density at radius 3 is 1.45 bits per heavy atom. The number of rotatable bonds is 10. The standard InChI is InChI=1S/2C22H25.C12H7Si.2ClH.Zr/c2*1-4-8-17-14-19-10-7-12-21(22(19)15-17)20-11-6-5-9-18(20)13-16(2)3;1-3-7-11-9(5-1)10-6-2-4-8-12(10)13-11;;;/h2*5-7,9-12,14-16H,4,8,13H2,1-3H3;1-7H;2*1H;/q3*-1;;;+2/p-2. The molecule has 1 aliphatic heterocycles. The van der Waals surface area contributed by atoms with Gasteiger partial charge >= 0.3 is 37.9 Å². The van der Waals surface area contributed by atoms with Gasteiger partial charge in [-0.15, -0.1) is 74.6 Å². The molecule has 2 radical (unpaired) electrons. The van der Waals surface area contributed by atoms with Crippen molar-refractivity contribution in [2.45, 2.75) is 80.1 Å². The van der Waals surface area contributed by atoms with Crippen molar-refractivity contribution in [3.05, 3.63) is 180 Å². The van der Waals surface area contributed by atoms with Crippen LogP contribution in [0.5, 0.6) is 0 Å². The van der Waals surface area contributed by atoms with Crippen LogP contribution >= 0.6 is 17.0 Å². The predicted octanol–water partition coefficient (Wildman–Crippen LogP) is 15.3. The van der Waals surface area contributed by atoms with Crippen molar-refractivity contribution in [3.8, 4) is 33.4 Å². The van der Waals surface area contributed by atoms with E-state index < -0.39 is 20.8 Å². The number of hydrogen-bond donors (Lipinski definition) is 0. The topological polar surface area (TPSA) is 0 Å². The number of aryl methyl sites for hydroxylation is 2. The van der Waals surface area contributed by atoms with E-state index in [1.165, 1.54) is 113 Å². The van der Waals surface area contributed by atoms with Crippen molar-refractivity contribution < 1.29 is 20.8 Å². The van der Waals surface area contributed by atoms with Gasteiger partial charge in [-0.3, -0.25) is 0 Å². The average molecular weight is 920 g/mol. The first-order valence-electron chi connectivity index (χ1n) is 21.6. The molecule has 0 saturated heterocycles. The number of benzene rings is 6. The van der Waals surface area contributed by atoms with Crippen LogP contribution < -0.4 is 10.4 Å². The van der Waals surface area contributed by atoms with Crippen LogP contribution in [-0.4, -0.2) is 9.52 Å². The molecule has 8 aromatic rings. The van der Waals surface area contributed by atoms with Gasteiger partial charge in [-0.25, -0.2) is 0 Å². The molecule has 0 amide bonds. The van der Waals surface area contributed by atoms with E-state index in [0.717, 1.165) is 22.4 Å². The van der Waals surface area contributed by atoms with Crippen LogP contribution in [0.15, 0.2) is 152 Å². The molecule has 8 aromatic carbocycles. The fraction of sp³-hybridized carbons (Fsp3) is 0.250. The Morgan fingerprint density at radius 1 is 0.533 bits per heavy atom. The molecule has 0 atom stereocenters. The van der Waals surface area contributed by atoms with E-state index in [0.29, 0.717) is 11.8 Å². The second kappa shape index (κ2) is 22.9. The maximum atomic E-state index is 4.93. The van der Waals surface area contributed by atoms with Crippen LogP contribution in [0.3, 0.4) is 0 Å². The van der Waals surface area contributed by atoms with Crippen molar-refractivity contribution >= 4 is 58.5 Å². The molecule has 1 heterocycles. The molecule has 9 rings (SSSR count). The monoisotopic (exact) mass is 917 g/mol. The van der Waals surface area contributed by atoms with E-state index in [1.807, 2.05) is 6.07 Å². The molecular formula is C56H57Cl2SiZr-3. The summed E-state index contributed by atoms with van der Waals surface area (Å²) in [5.41, 5.74) is 14.2. The van der Waals surface area contributed by atoms with Gasteiger partial charge in [0, 0.05) is 0 Å². The summed E-state index contributed by atoms with van der Waals surface area (Å²) in [6, 6.07) is 58.8. The summed E-state index contributed by atoms with van der Waals surface area (Å²) in [6.45, 7) is 13.7. The smallest absolute Gasteiger partial charge is 0.0920 e. The molecule has 0 aliphatic carbocycles. The first-order chi connectivity index (χ1) is 29.2. The maximum absolute atomic E-state index is 4.93. The summed E-state index contributed by atoms with van der Waals surface area (Å²) >= 11 is -0.826. The maximum Gasteiger partial charge on any atom is 0.0920 e. The molecule has 0 unspecified atom stereocenters. The fourth-order valence-electron chi connectivity index (χ4n) is 8.46. The summed E-state index contributed by atoms with van der Waals surface area (Å²) in [4.78, 5) is 0. The largest absolute Gasteiger partial charge is 0.184 e. The predicted molar refractivity (Wildman–Crippen MR) is 262 cm³/mol. The minimum Gasteiger partial charge on any atom is -0.184 e. The zero-order valence-corrected chi connectivity index (χ0v) is 41.1. The zero-order valence-electron chi connectivity index (χ0n) is 36.1. The number of fused-ring (bicyclic) bond motifs is 5. The van der Waals surface area contributed by atoms with Crippen LogP contribution in [0.25, 0.3) is 54.9 Å². The first kappa shape index (κ1) is 45.7. The minimum atomic E-state index is -0.826. The van der Waals surface area contributed by atoms with Gasteiger partial charge in [-0.05, 0) is 59.8 Å². The van der Waals surface area contributed by atoms with Gasteiger partial charge in [0.1, 0.15) is 0 Å². The van der Waals surface area contributed by atoms with E-state index in [4.69, 9.17) is 17.0 Å². The van der Waals surface area contributed by atoms with E-state index in [2.05, 4.69) is 193 Å². The van der Waals surface area contributed by atoms with Crippen LogP contribution in [0.2, 0.25) is 0 Å². The third-order valence-electron chi connectivity index (χ3n) is 10.9. The molecule has 0 bridgehead atoms. The minimum absolute atomic E-state index is 0.677. The molecule has 4 heteroatoms. The summed E-state index contributed by atoms with van der Waals surface area (Å²) in [7, 11) is 10.7. The molecule has 60 heavy (non-hydrogen) atoms. The SMILES string of the molecule is CCCc1cc2c(-c3ccccc3CC(C)C)cccc2[cH-]1.CCCc1cc2c(-c3ccccc3CC(C)C)cccc2[cH-]1.[Cl][Zr][Cl].[c-]1cccc2c1[Si]c1ccccc1-2. The Kier molecular flexibility index (Phi) is 17.4. The van der Waals surface area contributed by atoms with Crippen molar-refractivity contribution in [3.63, 3.8) is 0 Å². The van der Waals surface area contributed by atoms with Crippen molar-refractivity contribution in [1.29, 1.82) is 0 Å². The average Bonchev–Trinajstić information content (AvgIpc) is 3.97. The summed E-state index contributed by atoms with van der Waals surface area (Å²) in [5.74, 6) is 1.35. The summed E-state index contributed by atoms with van der Waals surface area (Å²) in [6.07, 6.45) is 7.01. The zero-order chi connectivity index (χ0) is 42.4. The van der Waals surface area contributed by atoms with Crippen LogP contribution in [0.4, 0.5) is 0 Å². The van der Waals surface area contributed by atoms with Gasteiger partial charge in [0.05, 0.1) is 9.52 Å². The fourth-order valence-corrected chi connectivity index (χ4v) is 9.77. The second-order valence-electron chi connectivity index (χ2n) is 16.6. The van der Waals surface area contributed by atoms with Crippen molar-refractivity contribution in [1.82, 2.24) is 0 Å².